The van der Waals surface area contributed by atoms with Gasteiger partial charge in [0.2, 0.25) is 0 Å². The maximum absolute atomic E-state index is 12.3. The number of aromatic nitrogens is 3. The predicted octanol–water partition coefficient (Wildman–Crippen LogP) is 2.71. The number of anilines is 1. The summed E-state index contributed by atoms with van der Waals surface area (Å²) in [6.45, 7) is 5.88. The third-order valence-corrected chi connectivity index (χ3v) is 3.79. The van der Waals surface area contributed by atoms with Crippen LogP contribution < -0.4 is 5.32 Å². The first-order valence-electron chi connectivity index (χ1n) is 7.99. The number of rotatable bonds is 7. The van der Waals surface area contributed by atoms with Crippen LogP contribution in [0.5, 0.6) is 0 Å². The Kier molecular flexibility index (Phi) is 6.31. The third-order valence-electron chi connectivity index (χ3n) is 3.79. The highest BCUT2D eigenvalue weighted by Crippen LogP contribution is 2.17. The lowest BCUT2D eigenvalue weighted by Crippen LogP contribution is -2.32. The summed E-state index contributed by atoms with van der Waals surface area (Å²) >= 11 is 0. The number of urea groups is 1. The zero-order valence-electron chi connectivity index (χ0n) is 14.7. The van der Waals surface area contributed by atoms with Gasteiger partial charge in [-0.05, 0) is 23.6 Å². The van der Waals surface area contributed by atoms with Crippen LogP contribution in [0.15, 0.2) is 30.6 Å². The van der Waals surface area contributed by atoms with Crippen LogP contribution in [0.2, 0.25) is 0 Å². The number of methoxy groups -OCH3 is 1. The SMILES string of the molecule is COCCn1cnnc1CN(C)C(=O)Nc1ccc(C(C)C)cc1. The number of carbonyl (C=O) groups excluding carboxylic acids is 1. The number of benzene rings is 1. The molecule has 130 valence electrons. The Hall–Kier alpha value is -2.41. The maximum Gasteiger partial charge on any atom is 0.321 e. The summed E-state index contributed by atoms with van der Waals surface area (Å²) in [6, 6.07) is 7.71. The molecule has 0 atom stereocenters. The lowest BCUT2D eigenvalue weighted by atomic mass is 10.0. The van der Waals surface area contributed by atoms with E-state index >= 15 is 0 Å². The average Bonchev–Trinajstić information content (AvgIpc) is 3.00. The molecule has 24 heavy (non-hydrogen) atoms. The van der Waals surface area contributed by atoms with Crippen LogP contribution in [-0.4, -0.2) is 46.5 Å². The fourth-order valence-electron chi connectivity index (χ4n) is 2.23. The van der Waals surface area contributed by atoms with Gasteiger partial charge in [0.1, 0.15) is 6.33 Å². The van der Waals surface area contributed by atoms with Crippen LogP contribution in [-0.2, 0) is 17.8 Å². The van der Waals surface area contributed by atoms with Crippen molar-refractivity contribution in [3.05, 3.63) is 42.0 Å². The zero-order valence-corrected chi connectivity index (χ0v) is 14.7. The van der Waals surface area contributed by atoms with Crippen molar-refractivity contribution in [2.75, 3.05) is 26.1 Å². The molecule has 1 heterocycles. The first-order chi connectivity index (χ1) is 11.5. The van der Waals surface area contributed by atoms with Gasteiger partial charge in [-0.1, -0.05) is 26.0 Å². The second-order valence-corrected chi connectivity index (χ2v) is 6.00. The number of carbonyl (C=O) groups is 1. The molecule has 0 aliphatic heterocycles. The van der Waals surface area contributed by atoms with E-state index < -0.39 is 0 Å². The molecule has 1 aromatic carbocycles. The monoisotopic (exact) mass is 331 g/mol. The van der Waals surface area contributed by atoms with Crippen molar-refractivity contribution in [1.82, 2.24) is 19.7 Å². The normalized spacial score (nSPS) is 10.9. The molecule has 0 aliphatic carbocycles. The molecule has 0 fully saturated rings. The van der Waals surface area contributed by atoms with Crippen LogP contribution in [0.25, 0.3) is 0 Å². The molecular weight excluding hydrogens is 306 g/mol. The van der Waals surface area contributed by atoms with Gasteiger partial charge in [-0.2, -0.15) is 0 Å². The Morgan fingerprint density at radius 3 is 2.67 bits per heavy atom. The molecule has 0 radical (unpaired) electrons. The van der Waals surface area contributed by atoms with Crippen molar-refractivity contribution in [3.8, 4) is 0 Å². The van der Waals surface area contributed by atoms with Crippen LogP contribution in [0.3, 0.4) is 0 Å². The molecule has 0 saturated carbocycles. The molecule has 0 aliphatic rings. The molecule has 2 rings (SSSR count). The van der Waals surface area contributed by atoms with Crippen LogP contribution in [0.1, 0.15) is 31.2 Å². The van der Waals surface area contributed by atoms with E-state index in [1.54, 1.807) is 25.4 Å². The molecule has 0 unspecified atom stereocenters. The van der Waals surface area contributed by atoms with Crippen molar-refractivity contribution >= 4 is 11.7 Å². The Morgan fingerprint density at radius 2 is 2.04 bits per heavy atom. The summed E-state index contributed by atoms with van der Waals surface area (Å²) in [6.07, 6.45) is 1.64. The Morgan fingerprint density at radius 1 is 1.33 bits per heavy atom. The van der Waals surface area contributed by atoms with Gasteiger partial charge in [-0.15, -0.1) is 10.2 Å². The summed E-state index contributed by atoms with van der Waals surface area (Å²) in [7, 11) is 3.38. The van der Waals surface area contributed by atoms with Crippen molar-refractivity contribution in [2.24, 2.45) is 0 Å². The summed E-state index contributed by atoms with van der Waals surface area (Å²) in [5.74, 6) is 1.19. The number of hydrogen-bond donors (Lipinski definition) is 1. The topological polar surface area (TPSA) is 72.3 Å². The van der Waals surface area contributed by atoms with Crippen LogP contribution in [0, 0.1) is 0 Å². The van der Waals surface area contributed by atoms with E-state index in [9.17, 15) is 4.79 Å². The van der Waals surface area contributed by atoms with Crippen molar-refractivity contribution in [2.45, 2.75) is 32.9 Å². The molecule has 7 heteroatoms. The van der Waals surface area contributed by atoms with Crippen molar-refractivity contribution in [3.63, 3.8) is 0 Å². The largest absolute Gasteiger partial charge is 0.383 e. The van der Waals surface area contributed by atoms with Gasteiger partial charge in [0, 0.05) is 26.4 Å². The second-order valence-electron chi connectivity index (χ2n) is 6.00. The standard InChI is InChI=1S/C17H25N5O2/c1-13(2)14-5-7-15(8-6-14)19-17(23)21(3)11-16-20-18-12-22(16)9-10-24-4/h5-8,12-13H,9-11H2,1-4H3,(H,19,23). The molecule has 1 aromatic heterocycles. The highest BCUT2D eigenvalue weighted by Gasteiger charge is 2.13. The van der Waals surface area contributed by atoms with Gasteiger partial charge in [-0.3, -0.25) is 0 Å². The summed E-state index contributed by atoms with van der Waals surface area (Å²) in [5, 5.41) is 10.8. The smallest absolute Gasteiger partial charge is 0.321 e. The molecule has 1 N–H and O–H groups in total. The third kappa shape index (κ3) is 4.79. The molecule has 0 bridgehead atoms. The van der Waals surface area contributed by atoms with E-state index in [0.717, 1.165) is 11.5 Å². The van der Waals surface area contributed by atoms with Crippen molar-refractivity contribution in [1.29, 1.82) is 0 Å². The number of hydrogen-bond acceptors (Lipinski definition) is 4. The van der Waals surface area contributed by atoms with Gasteiger partial charge in [0.25, 0.3) is 0 Å². The van der Waals surface area contributed by atoms with Gasteiger partial charge in [-0.25, -0.2) is 4.79 Å². The molecule has 2 amide bonds. The van der Waals surface area contributed by atoms with Gasteiger partial charge in [0.05, 0.1) is 13.2 Å². The Bertz CT molecular complexity index is 651. The second kappa shape index (κ2) is 8.44. The lowest BCUT2D eigenvalue weighted by Gasteiger charge is -2.18. The van der Waals surface area contributed by atoms with E-state index in [1.165, 1.54) is 5.56 Å². The molecule has 2 aromatic rings. The van der Waals surface area contributed by atoms with Gasteiger partial charge >= 0.3 is 6.03 Å². The minimum atomic E-state index is -0.186. The average molecular weight is 331 g/mol. The molecule has 0 saturated heterocycles. The van der Waals surface area contributed by atoms with E-state index in [2.05, 4.69) is 29.4 Å². The first-order valence-corrected chi connectivity index (χ1v) is 7.99. The predicted molar refractivity (Wildman–Crippen MR) is 92.9 cm³/mol. The van der Waals surface area contributed by atoms with E-state index in [1.807, 2.05) is 28.8 Å². The quantitative estimate of drug-likeness (QED) is 0.847. The lowest BCUT2D eigenvalue weighted by molar-refractivity contribution is 0.184. The minimum absolute atomic E-state index is 0.186. The van der Waals surface area contributed by atoms with Crippen molar-refractivity contribution < 1.29 is 9.53 Å². The number of amides is 2. The van der Waals surface area contributed by atoms with E-state index in [-0.39, 0.29) is 6.03 Å². The fraction of sp³-hybridized carbons (Fsp3) is 0.471. The highest BCUT2D eigenvalue weighted by atomic mass is 16.5. The fourth-order valence-corrected chi connectivity index (χ4v) is 2.23. The summed E-state index contributed by atoms with van der Waals surface area (Å²) in [4.78, 5) is 13.9. The van der Waals surface area contributed by atoms with E-state index in [4.69, 9.17) is 4.74 Å². The van der Waals surface area contributed by atoms with Gasteiger partial charge < -0.3 is 19.5 Å². The Balaban J connectivity index is 1.93. The van der Waals surface area contributed by atoms with Crippen LogP contribution >= 0.6 is 0 Å². The van der Waals surface area contributed by atoms with Gasteiger partial charge in [0.15, 0.2) is 5.82 Å². The molecule has 0 spiro atoms. The maximum atomic E-state index is 12.3. The number of ether oxygens (including phenoxy) is 1. The van der Waals surface area contributed by atoms with Crippen LogP contribution in [0.4, 0.5) is 10.5 Å². The number of nitrogens with one attached hydrogen (secondary N) is 1. The summed E-state index contributed by atoms with van der Waals surface area (Å²) in [5.41, 5.74) is 2.02. The zero-order chi connectivity index (χ0) is 17.5. The first kappa shape index (κ1) is 17.9. The highest BCUT2D eigenvalue weighted by molar-refractivity contribution is 5.89. The number of nitrogens with zero attached hydrogens (tertiary/aromatic N) is 4. The summed E-state index contributed by atoms with van der Waals surface area (Å²) < 4.78 is 6.94. The van der Waals surface area contributed by atoms with E-state index in [0.29, 0.717) is 25.6 Å². The molecule has 7 nitrogen and oxygen atoms in total. The molecular formula is C17H25N5O2. The minimum Gasteiger partial charge on any atom is -0.383 e. The Labute approximate surface area is 142 Å².